The summed E-state index contributed by atoms with van der Waals surface area (Å²) in [5, 5.41) is 11.9. The smallest absolute Gasteiger partial charge is 0.303 e. The monoisotopic (exact) mass is 279 g/mol. The van der Waals surface area contributed by atoms with E-state index >= 15 is 0 Å². The van der Waals surface area contributed by atoms with Crippen LogP contribution in [0, 0.1) is 11.7 Å². The number of hydrogen-bond donors (Lipinski definition) is 2. The van der Waals surface area contributed by atoms with Gasteiger partial charge in [0.25, 0.3) is 0 Å². The minimum absolute atomic E-state index is 0.0893. The number of piperidine rings is 1. The predicted octanol–water partition coefficient (Wildman–Crippen LogP) is 1.95. The van der Waals surface area contributed by atoms with E-state index in [9.17, 15) is 14.0 Å². The summed E-state index contributed by atoms with van der Waals surface area (Å²) in [5.74, 6) is -0.878. The Morgan fingerprint density at radius 3 is 2.70 bits per heavy atom. The van der Waals surface area contributed by atoms with Crippen molar-refractivity contribution in [1.29, 1.82) is 0 Å². The molecule has 3 unspecified atom stereocenters. The van der Waals surface area contributed by atoms with E-state index in [-0.39, 0.29) is 30.1 Å². The SMILES string of the molecule is O=CC1CC(c2ccc(F)cc2)C(CCC(=O)O)CN1. The Kier molecular flexibility index (Phi) is 4.84. The highest BCUT2D eigenvalue weighted by molar-refractivity contribution is 5.66. The van der Waals surface area contributed by atoms with Crippen molar-refractivity contribution in [3.63, 3.8) is 0 Å². The van der Waals surface area contributed by atoms with Crippen LogP contribution in [-0.2, 0) is 9.59 Å². The number of aliphatic carboxylic acids is 1. The first kappa shape index (κ1) is 14.7. The molecule has 0 amide bonds. The summed E-state index contributed by atoms with van der Waals surface area (Å²) in [5.41, 5.74) is 0.968. The first-order valence-corrected chi connectivity index (χ1v) is 6.76. The molecule has 1 saturated heterocycles. The zero-order valence-electron chi connectivity index (χ0n) is 11.1. The van der Waals surface area contributed by atoms with Crippen LogP contribution in [0.3, 0.4) is 0 Å². The van der Waals surface area contributed by atoms with Gasteiger partial charge in [-0.05, 0) is 48.9 Å². The van der Waals surface area contributed by atoms with E-state index in [1.165, 1.54) is 12.1 Å². The molecule has 0 spiro atoms. The third kappa shape index (κ3) is 3.63. The zero-order valence-corrected chi connectivity index (χ0v) is 11.1. The van der Waals surface area contributed by atoms with Gasteiger partial charge in [-0.15, -0.1) is 0 Å². The molecule has 1 aliphatic rings. The van der Waals surface area contributed by atoms with Crippen LogP contribution in [0.25, 0.3) is 0 Å². The van der Waals surface area contributed by atoms with E-state index in [2.05, 4.69) is 5.32 Å². The average molecular weight is 279 g/mol. The minimum atomic E-state index is -0.819. The molecule has 0 aromatic heterocycles. The second-order valence-electron chi connectivity index (χ2n) is 5.24. The van der Waals surface area contributed by atoms with Crippen LogP contribution < -0.4 is 5.32 Å². The fourth-order valence-electron chi connectivity index (χ4n) is 2.83. The molecule has 1 heterocycles. The third-order valence-electron chi connectivity index (χ3n) is 3.91. The van der Waals surface area contributed by atoms with Crippen LogP contribution in [0.5, 0.6) is 0 Å². The van der Waals surface area contributed by atoms with Gasteiger partial charge in [-0.25, -0.2) is 4.39 Å². The van der Waals surface area contributed by atoms with E-state index in [0.717, 1.165) is 11.8 Å². The van der Waals surface area contributed by atoms with Gasteiger partial charge in [-0.1, -0.05) is 12.1 Å². The molecular weight excluding hydrogens is 261 g/mol. The van der Waals surface area contributed by atoms with Gasteiger partial charge >= 0.3 is 5.97 Å². The summed E-state index contributed by atoms with van der Waals surface area (Å²) in [6, 6.07) is 6.04. The Hall–Kier alpha value is -1.75. The topological polar surface area (TPSA) is 66.4 Å². The van der Waals surface area contributed by atoms with E-state index in [1.807, 2.05) is 0 Å². The van der Waals surface area contributed by atoms with Gasteiger partial charge in [-0.2, -0.15) is 0 Å². The highest BCUT2D eigenvalue weighted by atomic mass is 19.1. The van der Waals surface area contributed by atoms with Crippen molar-refractivity contribution in [3.8, 4) is 0 Å². The van der Waals surface area contributed by atoms with Gasteiger partial charge in [0.1, 0.15) is 12.1 Å². The summed E-state index contributed by atoms with van der Waals surface area (Å²) in [4.78, 5) is 21.7. The lowest BCUT2D eigenvalue weighted by molar-refractivity contribution is -0.137. The molecule has 0 bridgehead atoms. The summed E-state index contributed by atoms with van der Waals surface area (Å²) in [6.07, 6.45) is 2.16. The number of hydrogen-bond acceptors (Lipinski definition) is 3. The quantitative estimate of drug-likeness (QED) is 0.808. The van der Waals surface area contributed by atoms with Gasteiger partial charge in [0.15, 0.2) is 0 Å². The summed E-state index contributed by atoms with van der Waals surface area (Å²) >= 11 is 0. The molecule has 4 nitrogen and oxygen atoms in total. The largest absolute Gasteiger partial charge is 0.481 e. The lowest BCUT2D eigenvalue weighted by Crippen LogP contribution is -2.44. The highest BCUT2D eigenvalue weighted by Crippen LogP contribution is 2.34. The van der Waals surface area contributed by atoms with Crippen molar-refractivity contribution in [2.45, 2.75) is 31.2 Å². The number of carboxylic acid groups (broad SMARTS) is 1. The van der Waals surface area contributed by atoms with Crippen LogP contribution in [0.1, 0.15) is 30.7 Å². The van der Waals surface area contributed by atoms with Crippen LogP contribution in [0.15, 0.2) is 24.3 Å². The van der Waals surface area contributed by atoms with Crippen molar-refractivity contribution in [1.82, 2.24) is 5.32 Å². The van der Waals surface area contributed by atoms with Crippen LogP contribution in [0.4, 0.5) is 4.39 Å². The number of rotatable bonds is 5. The van der Waals surface area contributed by atoms with Crippen molar-refractivity contribution in [3.05, 3.63) is 35.6 Å². The molecule has 2 N–H and O–H groups in total. The van der Waals surface area contributed by atoms with Crippen molar-refractivity contribution in [2.24, 2.45) is 5.92 Å². The maximum Gasteiger partial charge on any atom is 0.303 e. The molecule has 1 aromatic carbocycles. The van der Waals surface area contributed by atoms with Crippen molar-refractivity contribution in [2.75, 3.05) is 6.54 Å². The molecular formula is C15H18FNO3. The normalized spacial score (nSPS) is 26.1. The Morgan fingerprint density at radius 1 is 1.40 bits per heavy atom. The molecule has 2 rings (SSSR count). The zero-order chi connectivity index (χ0) is 14.5. The van der Waals surface area contributed by atoms with Crippen LogP contribution in [0.2, 0.25) is 0 Å². The Bertz CT molecular complexity index is 475. The lowest BCUT2D eigenvalue weighted by Gasteiger charge is -2.35. The van der Waals surface area contributed by atoms with E-state index in [1.54, 1.807) is 12.1 Å². The Labute approximate surface area is 117 Å². The van der Waals surface area contributed by atoms with Crippen LogP contribution in [-0.4, -0.2) is 29.9 Å². The standard InChI is InChI=1S/C15H18FNO3/c16-12-4-1-10(2-5-12)14-7-13(9-18)17-8-11(14)3-6-15(19)20/h1-2,4-5,9,11,13-14,17H,3,6-8H2,(H,19,20). The first-order chi connectivity index (χ1) is 9.60. The Morgan fingerprint density at radius 2 is 2.10 bits per heavy atom. The number of nitrogens with one attached hydrogen (secondary N) is 1. The molecule has 0 radical (unpaired) electrons. The summed E-state index contributed by atoms with van der Waals surface area (Å²) < 4.78 is 13.0. The number of carbonyl (C=O) groups is 2. The number of carboxylic acids is 1. The van der Waals surface area contributed by atoms with Gasteiger partial charge < -0.3 is 15.2 Å². The molecule has 0 aliphatic carbocycles. The van der Waals surface area contributed by atoms with Crippen molar-refractivity contribution >= 4 is 12.3 Å². The predicted molar refractivity (Wildman–Crippen MR) is 72.0 cm³/mol. The van der Waals surface area contributed by atoms with E-state index < -0.39 is 5.97 Å². The average Bonchev–Trinajstić information content (AvgIpc) is 2.45. The molecule has 1 aromatic rings. The fraction of sp³-hybridized carbons (Fsp3) is 0.467. The second-order valence-corrected chi connectivity index (χ2v) is 5.24. The van der Waals surface area contributed by atoms with Gasteiger partial charge in [0.2, 0.25) is 0 Å². The molecule has 5 heteroatoms. The molecule has 0 saturated carbocycles. The molecule has 3 atom stereocenters. The minimum Gasteiger partial charge on any atom is -0.481 e. The molecule has 1 fully saturated rings. The third-order valence-corrected chi connectivity index (χ3v) is 3.91. The number of halogens is 1. The molecule has 108 valence electrons. The highest BCUT2D eigenvalue weighted by Gasteiger charge is 2.31. The molecule has 1 aliphatic heterocycles. The summed E-state index contributed by atoms with van der Waals surface area (Å²) in [7, 11) is 0. The number of carbonyl (C=O) groups excluding carboxylic acids is 1. The maximum absolute atomic E-state index is 13.0. The second kappa shape index (κ2) is 6.61. The molecule has 20 heavy (non-hydrogen) atoms. The van der Waals surface area contributed by atoms with E-state index in [0.29, 0.717) is 19.4 Å². The first-order valence-electron chi connectivity index (χ1n) is 6.76. The van der Waals surface area contributed by atoms with Crippen molar-refractivity contribution < 1.29 is 19.1 Å². The fourth-order valence-corrected chi connectivity index (χ4v) is 2.83. The van der Waals surface area contributed by atoms with Gasteiger partial charge in [0.05, 0.1) is 6.04 Å². The maximum atomic E-state index is 13.0. The van der Waals surface area contributed by atoms with Gasteiger partial charge in [0, 0.05) is 6.42 Å². The van der Waals surface area contributed by atoms with E-state index in [4.69, 9.17) is 5.11 Å². The lowest BCUT2D eigenvalue weighted by atomic mass is 9.76. The van der Waals surface area contributed by atoms with Gasteiger partial charge in [-0.3, -0.25) is 4.79 Å². The Balaban J connectivity index is 2.14. The number of benzene rings is 1. The summed E-state index contributed by atoms with van der Waals surface area (Å²) in [6.45, 7) is 0.610. The van der Waals surface area contributed by atoms with Crippen LogP contribution >= 0.6 is 0 Å². The number of aldehydes is 1.